The molecule has 25 heteroatoms. The van der Waals surface area contributed by atoms with Crippen LogP contribution in [0.5, 0.6) is 11.5 Å². The van der Waals surface area contributed by atoms with Gasteiger partial charge in [-0.3, -0.25) is 19.2 Å². The molecule has 2 aliphatic rings. The number of hydrogen-bond acceptors (Lipinski definition) is 23. The molecule has 626 valence electrons. The minimum atomic E-state index is -1.81. The summed E-state index contributed by atoms with van der Waals surface area (Å²) in [5.74, 6) is -2.18. The molecule has 0 atom stereocenters. The van der Waals surface area contributed by atoms with E-state index in [0.29, 0.717) is 53.4 Å². The third kappa shape index (κ3) is 24.0. The summed E-state index contributed by atoms with van der Waals surface area (Å²) in [5.41, 5.74) is 9.67. The monoisotopic (exact) mass is 1630 g/mol. The van der Waals surface area contributed by atoms with Crippen LogP contribution in [0.1, 0.15) is 106 Å². The van der Waals surface area contributed by atoms with E-state index in [1.54, 1.807) is 7.11 Å². The number of esters is 6. The summed E-state index contributed by atoms with van der Waals surface area (Å²) in [4.78, 5) is 88.5. The molecule has 2 aliphatic heterocycles. The zero-order chi connectivity index (χ0) is 84.8. The lowest BCUT2D eigenvalue weighted by Gasteiger charge is -2.37. The molecule has 0 bridgehead atoms. The van der Waals surface area contributed by atoms with Crippen LogP contribution in [0.4, 0.5) is 34.1 Å². The van der Waals surface area contributed by atoms with Gasteiger partial charge in [0.05, 0.1) is 50.0 Å². The van der Waals surface area contributed by atoms with Gasteiger partial charge in [0.1, 0.15) is 44.5 Å². The van der Waals surface area contributed by atoms with Gasteiger partial charge < -0.3 is 80.9 Å². The van der Waals surface area contributed by atoms with Crippen molar-refractivity contribution in [2.75, 3.05) is 181 Å². The number of methoxy groups -OCH3 is 1. The Kier molecular flexibility index (Phi) is 31.9. The van der Waals surface area contributed by atoms with Gasteiger partial charge in [-0.2, -0.15) is 0 Å². The summed E-state index contributed by atoms with van der Waals surface area (Å²) in [7, 11) is 22.1. The molecule has 0 aromatic heterocycles. The van der Waals surface area contributed by atoms with Crippen LogP contribution in [-0.2, 0) is 72.4 Å². The molecule has 0 saturated heterocycles. The Bertz CT molecular complexity index is 4670. The van der Waals surface area contributed by atoms with Crippen molar-refractivity contribution >= 4 is 120 Å². The van der Waals surface area contributed by atoms with E-state index in [1.165, 1.54) is 0 Å². The van der Waals surface area contributed by atoms with Crippen LogP contribution in [0, 0.1) is 0 Å². The Balaban J connectivity index is 0.000000276. The Morgan fingerprint density at radius 3 is 0.974 bits per heavy atom. The maximum atomic E-state index is 13.9. The van der Waals surface area contributed by atoms with Gasteiger partial charge in [-0.15, -0.1) is 0 Å². The number of ether oxygens (including phenoxy) is 10. The number of benzene rings is 8. The third-order valence-electron chi connectivity index (χ3n) is 20.4. The summed E-state index contributed by atoms with van der Waals surface area (Å²) in [5, 5.41) is 3.30. The fraction of sp³-hybridized carbons (Fsp3) is 0.413. The highest BCUT2D eigenvalue weighted by atomic mass is 28.4. The van der Waals surface area contributed by atoms with Crippen molar-refractivity contribution in [1.82, 2.24) is 0 Å². The minimum Gasteiger partial charge on any atom is -0.472 e. The molecule has 0 radical (unpaired) electrons. The molecular weight excluding hydrogens is 1520 g/mol. The van der Waals surface area contributed by atoms with Gasteiger partial charge in [-0.25, -0.2) is 9.59 Å². The topological polar surface area (TPSA) is 223 Å². The molecule has 0 unspecified atom stereocenters. The van der Waals surface area contributed by atoms with Gasteiger partial charge in [0.15, 0.2) is 27.8 Å². The second-order valence-corrected chi connectivity index (χ2v) is 40.5. The van der Waals surface area contributed by atoms with Gasteiger partial charge in [-0.1, -0.05) is 67.6 Å². The quantitative estimate of drug-likeness (QED) is 0.0151. The molecule has 117 heavy (non-hydrogen) atoms. The maximum absolute atomic E-state index is 13.9. The van der Waals surface area contributed by atoms with Crippen molar-refractivity contribution in [2.45, 2.75) is 101 Å². The molecule has 0 fully saturated rings. The van der Waals surface area contributed by atoms with Crippen molar-refractivity contribution in [1.29, 1.82) is 0 Å². The predicted octanol–water partition coefficient (Wildman–Crippen LogP) is 16.1. The Morgan fingerprint density at radius 1 is 0.359 bits per heavy atom. The first kappa shape index (κ1) is 90.2. The van der Waals surface area contributed by atoms with Crippen LogP contribution >= 0.6 is 0 Å². The Labute approximate surface area is 692 Å². The smallest absolute Gasteiger partial charge is 0.339 e. The lowest BCUT2D eigenvalue weighted by molar-refractivity contribution is -0.151. The highest BCUT2D eigenvalue weighted by Crippen LogP contribution is 2.50. The zero-order valence-corrected chi connectivity index (χ0v) is 73.5. The van der Waals surface area contributed by atoms with Gasteiger partial charge in [-0.05, 0) is 178 Å². The summed E-state index contributed by atoms with van der Waals surface area (Å²) in [6, 6.07) is 50.9. The Morgan fingerprint density at radius 2 is 0.658 bits per heavy atom. The van der Waals surface area contributed by atoms with Gasteiger partial charge in [0.25, 0.3) is 0 Å². The van der Waals surface area contributed by atoms with Crippen molar-refractivity contribution in [2.24, 2.45) is 0 Å². The summed E-state index contributed by atoms with van der Waals surface area (Å²) >= 11 is 0. The van der Waals surface area contributed by atoms with Crippen LogP contribution in [0.25, 0.3) is 33.7 Å². The summed E-state index contributed by atoms with van der Waals surface area (Å²) in [6.45, 7) is 12.3. The van der Waals surface area contributed by atoms with E-state index in [4.69, 9.17) is 51.5 Å². The van der Waals surface area contributed by atoms with E-state index in [0.717, 1.165) is 109 Å². The lowest BCUT2D eigenvalue weighted by Crippen LogP contribution is -2.44. The van der Waals surface area contributed by atoms with E-state index in [9.17, 15) is 28.8 Å². The lowest BCUT2D eigenvalue weighted by atomic mass is 9.82. The van der Waals surface area contributed by atoms with E-state index in [-0.39, 0.29) is 65.3 Å². The molecule has 10 rings (SSSR count). The zero-order valence-electron chi connectivity index (χ0n) is 71.5. The predicted molar refractivity (Wildman–Crippen MR) is 471 cm³/mol. The van der Waals surface area contributed by atoms with Gasteiger partial charge >= 0.3 is 35.8 Å². The number of nitrogens with zero attached hydrogens (tertiary/aromatic N) is 6. The number of anilines is 6. The SMILES string of the molecule is CCCOC(=O)CCC(=O)OCCOC(=O)c1cc2ccc(N(C)C)cc2c2c1C=CC(c1ccc(N(C)C)cc1)(c1ccc(N(C)C)cc1)O2.COCCC[Si](C)(C)O[Si](C)(C)CCCOCCOC(=O)CCC(=O)OCCOC(=O)c1cc2ccc(N(C)C)cc2c2c1C=CC(c1ccc(N(C)C)cc1)(c1ccc(N(C)C)cc1)O2. The van der Waals surface area contributed by atoms with Crippen molar-refractivity contribution in [3.05, 3.63) is 202 Å². The summed E-state index contributed by atoms with van der Waals surface area (Å²) in [6.07, 6.45) is 10.0. The highest BCUT2D eigenvalue weighted by molar-refractivity contribution is 6.84. The molecule has 8 aromatic rings. The van der Waals surface area contributed by atoms with Crippen LogP contribution in [0.2, 0.25) is 38.3 Å². The third-order valence-corrected chi connectivity index (χ3v) is 27.9. The Hall–Kier alpha value is -10.7. The minimum absolute atomic E-state index is 0.0647. The van der Waals surface area contributed by atoms with Crippen LogP contribution in [-0.4, -0.2) is 204 Å². The fourth-order valence-electron chi connectivity index (χ4n) is 14.0. The molecule has 0 aliphatic carbocycles. The molecule has 0 saturated carbocycles. The summed E-state index contributed by atoms with van der Waals surface area (Å²) < 4.78 is 64.1. The standard InChI is InChI=1S/C51H71N3O10Si2.C41H47N3O7/c1-52(2)41-20-15-39(16-21-41)51(40-17-22-42(23-18-40)53(3)4)27-26-44-46(36-38-14-19-43(54(5)6)37-45(38)49(44)63-51)50(57)62-33-32-61-48(56)25-24-47(55)60-31-30-59-29-13-35-66(10,11)64-65(8,9)34-12-28-58-7;1-8-23-48-37(45)19-20-38(46)49-24-25-50-40(47)36-26-28-9-14-33(44(6)7)27-35(28)39-34(36)21-22-41(51-39,29-10-15-31(16-11-29)42(2)3)30-12-17-32(18-13-30)43(4)5/h14-23,26-27,36-37H,12-13,24-25,28-35H2,1-11H3;9-18,21-22,26-27H,8,19-20,23-25H2,1-7H3. The first-order chi connectivity index (χ1) is 55.8. The fourth-order valence-corrected chi connectivity index (χ4v) is 22.8. The second-order valence-electron chi connectivity index (χ2n) is 31.6. The van der Waals surface area contributed by atoms with Crippen molar-refractivity contribution in [3.8, 4) is 11.5 Å². The number of rotatable bonds is 39. The average Bonchev–Trinajstić information content (AvgIpc) is 0.733. The first-order valence-corrected chi connectivity index (χ1v) is 46.2. The first-order valence-electron chi connectivity index (χ1n) is 40.0. The molecular formula is C92H118N6O17Si2. The number of carbonyl (C=O) groups excluding carboxylic acids is 6. The number of fused-ring (bicyclic) bond motifs is 6. The number of carbonyl (C=O) groups is 6. The van der Waals surface area contributed by atoms with E-state index >= 15 is 0 Å². The average molecular weight is 1640 g/mol. The normalized spacial score (nSPS) is 13.0. The van der Waals surface area contributed by atoms with E-state index < -0.39 is 63.7 Å². The van der Waals surface area contributed by atoms with Crippen LogP contribution in [0.3, 0.4) is 0 Å². The molecule has 8 aromatic carbocycles. The highest BCUT2D eigenvalue weighted by Gasteiger charge is 2.42. The van der Waals surface area contributed by atoms with Crippen LogP contribution in [0.15, 0.2) is 158 Å². The maximum Gasteiger partial charge on any atom is 0.339 e. The van der Waals surface area contributed by atoms with Gasteiger partial charge in [0, 0.05) is 183 Å². The van der Waals surface area contributed by atoms with Crippen molar-refractivity contribution < 1.29 is 80.3 Å². The van der Waals surface area contributed by atoms with E-state index in [2.05, 4.69) is 155 Å². The largest absolute Gasteiger partial charge is 0.472 e. The van der Waals surface area contributed by atoms with Crippen molar-refractivity contribution in [3.63, 3.8) is 0 Å². The second kappa shape index (κ2) is 41.4. The molecule has 0 N–H and O–H groups in total. The van der Waals surface area contributed by atoms with Crippen LogP contribution < -0.4 is 38.9 Å². The van der Waals surface area contributed by atoms with Gasteiger partial charge in [0.2, 0.25) is 0 Å². The molecule has 0 spiro atoms. The number of hydrogen-bond donors (Lipinski definition) is 0. The molecule has 0 amide bonds. The molecule has 23 nitrogen and oxygen atoms in total. The molecule has 2 heterocycles. The van der Waals surface area contributed by atoms with E-state index in [1.807, 2.05) is 162 Å².